The lowest BCUT2D eigenvalue weighted by molar-refractivity contribution is 0.0947. The zero-order valence-corrected chi connectivity index (χ0v) is 15.5. The number of unbranched alkanes of at least 4 members (excludes halogenated alkanes) is 2. The number of halogens is 1. The lowest BCUT2D eigenvalue weighted by Crippen LogP contribution is -2.25. The predicted octanol–water partition coefficient (Wildman–Crippen LogP) is 4.11. The molecule has 134 valence electrons. The molecule has 1 aromatic heterocycles. The minimum absolute atomic E-state index is 0.213. The maximum atomic E-state index is 12.0. The van der Waals surface area contributed by atoms with Crippen LogP contribution >= 0.6 is 11.6 Å². The molecule has 0 fully saturated rings. The van der Waals surface area contributed by atoms with E-state index in [-0.39, 0.29) is 5.91 Å². The van der Waals surface area contributed by atoms with Gasteiger partial charge in [0.05, 0.1) is 12.8 Å². The number of amides is 1. The van der Waals surface area contributed by atoms with Gasteiger partial charge in [0.1, 0.15) is 5.75 Å². The first-order valence-corrected chi connectivity index (χ1v) is 8.66. The molecule has 0 atom stereocenters. The van der Waals surface area contributed by atoms with E-state index in [2.05, 4.69) is 27.8 Å². The molecule has 2 N–H and O–H groups in total. The van der Waals surface area contributed by atoms with Crippen LogP contribution in [0.1, 0.15) is 42.2 Å². The van der Waals surface area contributed by atoms with Gasteiger partial charge in [0.15, 0.2) is 11.5 Å². The third-order valence-corrected chi connectivity index (χ3v) is 4.11. The number of rotatable bonds is 8. The summed E-state index contributed by atoms with van der Waals surface area (Å²) in [7, 11) is 1.57. The second-order valence-electron chi connectivity index (χ2n) is 5.69. The molecule has 7 heteroatoms. The van der Waals surface area contributed by atoms with E-state index in [1.165, 1.54) is 0 Å². The van der Waals surface area contributed by atoms with Gasteiger partial charge in [0.25, 0.3) is 5.91 Å². The molecule has 0 aliphatic heterocycles. The van der Waals surface area contributed by atoms with Gasteiger partial charge in [-0.05, 0) is 37.1 Å². The summed E-state index contributed by atoms with van der Waals surface area (Å²) in [4.78, 5) is 12.0. The minimum atomic E-state index is -0.213. The van der Waals surface area contributed by atoms with E-state index in [0.717, 1.165) is 30.5 Å². The Kier molecular flexibility index (Phi) is 7.01. The fraction of sp³-hybridized carbons (Fsp3) is 0.389. The first-order valence-electron chi connectivity index (χ1n) is 8.28. The van der Waals surface area contributed by atoms with Crippen LogP contribution in [0.2, 0.25) is 5.02 Å². The van der Waals surface area contributed by atoms with E-state index in [4.69, 9.17) is 16.3 Å². The molecule has 6 nitrogen and oxygen atoms in total. The van der Waals surface area contributed by atoms with E-state index in [9.17, 15) is 4.79 Å². The predicted molar refractivity (Wildman–Crippen MR) is 99.9 cm³/mol. The van der Waals surface area contributed by atoms with E-state index >= 15 is 0 Å². The molecule has 0 unspecified atom stereocenters. The SMILES string of the molecule is CCCCCNC(=O)c1ccc(Nc2cc(C)c(Cl)cc2OC)nn1. The summed E-state index contributed by atoms with van der Waals surface area (Å²) >= 11 is 6.10. The van der Waals surface area contributed by atoms with Crippen molar-refractivity contribution in [1.82, 2.24) is 15.5 Å². The monoisotopic (exact) mass is 362 g/mol. The van der Waals surface area contributed by atoms with Crippen molar-refractivity contribution in [2.45, 2.75) is 33.1 Å². The number of nitrogens with zero attached hydrogens (tertiary/aromatic N) is 2. The standard InChI is InChI=1S/C18H23ClN4O2/c1-4-5-6-9-20-18(24)14-7-8-17(23-22-14)21-15-10-12(2)13(19)11-16(15)25-3/h7-8,10-11H,4-6,9H2,1-3H3,(H,20,24)(H,21,23). The number of aromatic nitrogens is 2. The number of nitrogens with one attached hydrogen (secondary N) is 2. The molecule has 0 saturated carbocycles. The van der Waals surface area contributed by atoms with Gasteiger partial charge < -0.3 is 15.4 Å². The Labute approximate surface area is 152 Å². The molecule has 1 amide bonds. The second kappa shape index (κ2) is 9.22. The number of anilines is 2. The maximum absolute atomic E-state index is 12.0. The van der Waals surface area contributed by atoms with Gasteiger partial charge in [-0.2, -0.15) is 0 Å². The summed E-state index contributed by atoms with van der Waals surface area (Å²) < 4.78 is 5.32. The highest BCUT2D eigenvalue weighted by molar-refractivity contribution is 6.31. The van der Waals surface area contributed by atoms with Gasteiger partial charge in [0, 0.05) is 17.6 Å². The number of hydrogen-bond donors (Lipinski definition) is 2. The first-order chi connectivity index (χ1) is 12.0. The van der Waals surface area contributed by atoms with Gasteiger partial charge in [0.2, 0.25) is 0 Å². The number of aryl methyl sites for hydroxylation is 1. The van der Waals surface area contributed by atoms with Crippen LogP contribution in [0.15, 0.2) is 24.3 Å². The molecule has 1 aromatic carbocycles. The van der Waals surface area contributed by atoms with E-state index in [1.807, 2.05) is 13.0 Å². The number of hydrogen-bond acceptors (Lipinski definition) is 5. The molecule has 2 rings (SSSR count). The van der Waals surface area contributed by atoms with Crippen molar-refractivity contribution in [3.8, 4) is 5.75 Å². The normalized spacial score (nSPS) is 10.4. The highest BCUT2D eigenvalue weighted by atomic mass is 35.5. The number of methoxy groups -OCH3 is 1. The lowest BCUT2D eigenvalue weighted by atomic mass is 10.2. The van der Waals surface area contributed by atoms with Crippen LogP contribution in [0.3, 0.4) is 0 Å². The van der Waals surface area contributed by atoms with Crippen LogP contribution in [0.25, 0.3) is 0 Å². The smallest absolute Gasteiger partial charge is 0.271 e. The van der Waals surface area contributed by atoms with Crippen LogP contribution in [0.4, 0.5) is 11.5 Å². The Morgan fingerprint density at radius 3 is 2.68 bits per heavy atom. The molecule has 0 bridgehead atoms. The quantitative estimate of drug-likeness (QED) is 0.691. The highest BCUT2D eigenvalue weighted by Gasteiger charge is 2.10. The fourth-order valence-corrected chi connectivity index (χ4v) is 2.41. The van der Waals surface area contributed by atoms with Crippen molar-refractivity contribution in [3.05, 3.63) is 40.5 Å². The summed E-state index contributed by atoms with van der Waals surface area (Å²) in [5, 5.41) is 14.6. The second-order valence-corrected chi connectivity index (χ2v) is 6.10. The summed E-state index contributed by atoms with van der Waals surface area (Å²) in [5.41, 5.74) is 1.94. The fourth-order valence-electron chi connectivity index (χ4n) is 2.26. The number of carbonyl (C=O) groups excluding carboxylic acids is 1. The molecule has 1 heterocycles. The summed E-state index contributed by atoms with van der Waals surface area (Å²) in [6.45, 7) is 4.68. The number of carbonyl (C=O) groups is 1. The average molecular weight is 363 g/mol. The van der Waals surface area contributed by atoms with Crippen molar-refractivity contribution in [2.75, 3.05) is 19.0 Å². The molecular formula is C18H23ClN4O2. The number of benzene rings is 1. The van der Waals surface area contributed by atoms with Crippen LogP contribution in [0, 0.1) is 6.92 Å². The van der Waals surface area contributed by atoms with Crippen LogP contribution in [-0.2, 0) is 0 Å². The third-order valence-electron chi connectivity index (χ3n) is 3.71. The number of ether oxygens (including phenoxy) is 1. The zero-order chi connectivity index (χ0) is 18.2. The third kappa shape index (κ3) is 5.32. The van der Waals surface area contributed by atoms with Crippen molar-refractivity contribution in [1.29, 1.82) is 0 Å². The molecule has 0 aliphatic rings. The lowest BCUT2D eigenvalue weighted by Gasteiger charge is -2.12. The van der Waals surface area contributed by atoms with E-state index < -0.39 is 0 Å². The Morgan fingerprint density at radius 1 is 1.24 bits per heavy atom. The highest BCUT2D eigenvalue weighted by Crippen LogP contribution is 2.32. The molecule has 25 heavy (non-hydrogen) atoms. The van der Waals surface area contributed by atoms with Gasteiger partial charge >= 0.3 is 0 Å². The van der Waals surface area contributed by atoms with Crippen molar-refractivity contribution >= 4 is 29.0 Å². The summed E-state index contributed by atoms with van der Waals surface area (Å²) in [6.07, 6.45) is 3.17. The Balaban J connectivity index is 2.03. The molecular weight excluding hydrogens is 340 g/mol. The van der Waals surface area contributed by atoms with E-state index in [1.54, 1.807) is 25.3 Å². The summed E-state index contributed by atoms with van der Waals surface area (Å²) in [5.74, 6) is 0.910. The molecule has 0 radical (unpaired) electrons. The zero-order valence-electron chi connectivity index (χ0n) is 14.7. The van der Waals surface area contributed by atoms with Crippen molar-refractivity contribution < 1.29 is 9.53 Å². The van der Waals surface area contributed by atoms with Gasteiger partial charge in [-0.15, -0.1) is 10.2 Å². The topological polar surface area (TPSA) is 76.1 Å². The van der Waals surface area contributed by atoms with Gasteiger partial charge in [-0.3, -0.25) is 4.79 Å². The van der Waals surface area contributed by atoms with Crippen LogP contribution < -0.4 is 15.4 Å². The van der Waals surface area contributed by atoms with Crippen molar-refractivity contribution in [2.24, 2.45) is 0 Å². The molecule has 2 aromatic rings. The largest absolute Gasteiger partial charge is 0.495 e. The average Bonchev–Trinajstić information content (AvgIpc) is 2.62. The van der Waals surface area contributed by atoms with E-state index in [0.29, 0.717) is 28.8 Å². The Bertz CT molecular complexity index is 720. The first kappa shape index (κ1) is 19.0. The molecule has 0 spiro atoms. The van der Waals surface area contributed by atoms with Crippen LogP contribution in [0.5, 0.6) is 5.75 Å². The van der Waals surface area contributed by atoms with Crippen molar-refractivity contribution in [3.63, 3.8) is 0 Å². The molecule has 0 saturated heterocycles. The Morgan fingerprint density at radius 2 is 2.04 bits per heavy atom. The van der Waals surface area contributed by atoms with Crippen LogP contribution in [-0.4, -0.2) is 29.8 Å². The molecule has 0 aliphatic carbocycles. The summed E-state index contributed by atoms with van der Waals surface area (Å²) in [6, 6.07) is 6.96. The minimum Gasteiger partial charge on any atom is -0.495 e. The maximum Gasteiger partial charge on any atom is 0.271 e. The Hall–Kier alpha value is -2.34. The van der Waals surface area contributed by atoms with Gasteiger partial charge in [-0.25, -0.2) is 0 Å². The van der Waals surface area contributed by atoms with Gasteiger partial charge in [-0.1, -0.05) is 31.4 Å².